The molecule has 0 aliphatic carbocycles. The Bertz CT molecular complexity index is 1220. The van der Waals surface area contributed by atoms with Crippen molar-refractivity contribution in [3.05, 3.63) is 0 Å². The van der Waals surface area contributed by atoms with Gasteiger partial charge in [0.2, 0.25) is 0 Å². The van der Waals surface area contributed by atoms with Crippen molar-refractivity contribution in [2.24, 2.45) is 5.73 Å². The maximum Gasteiger partial charge on any atom is 0.549 e. The second-order valence-electron chi connectivity index (χ2n) is 18.2. The van der Waals surface area contributed by atoms with Gasteiger partial charge in [0.15, 0.2) is 0 Å². The zero-order valence-corrected chi connectivity index (χ0v) is 85.9. The number of likely N-dealkylation sites (N-methyl/N-ethyl adjacent to an activating group) is 1. The number of rotatable bonds is 44. The van der Waals surface area contributed by atoms with Crippen LogP contribution in [0.25, 0.3) is 0 Å². The summed E-state index contributed by atoms with van der Waals surface area (Å²) in [4.78, 5) is 0. The third-order valence-electron chi connectivity index (χ3n) is 13.1. The zero-order chi connectivity index (χ0) is 86.2. The molecule has 0 amide bonds. The standard InChI is InChI=1S/C23H53N2O4Si.C6H17NO3Si.4C5H14O3Si.10C2H6.ClH.2O2Si/c1-7-8-9-10-11-12-13-14-15-16-19-25(2,3)22-23(26)21-24-18-17-20-30(27-4,28-5)29-6;1-8-11(9-2,10-3)6-4-5-7;4*1-5-9(6-2,7-3)8-4;10*1-2;;2*1-3-2/h23-24,26H,7-22H2,1-6H3;4-7H2,1-3H3;4*5H2,1-4H3;10*1-2H3;1H;;/q+1;;;;;;;;;;;;;;;;;;/p-1. The van der Waals surface area contributed by atoms with E-state index in [1.807, 2.05) is 166 Å². The molecule has 4 N–H and O–H groups in total. The van der Waals surface area contributed by atoms with Gasteiger partial charge in [0.1, 0.15) is 12.6 Å². The molecule has 0 aromatic rings. The first-order chi connectivity index (χ1) is 49.4. The van der Waals surface area contributed by atoms with E-state index >= 15 is 0 Å². The Hall–Kier alpha value is 0.345. The summed E-state index contributed by atoms with van der Waals surface area (Å²) in [5, 5.41) is 13.8. The molecule has 26 nitrogen and oxygen atoms in total. The van der Waals surface area contributed by atoms with E-state index in [1.165, 1.54) is 64.2 Å². The van der Waals surface area contributed by atoms with Gasteiger partial charge in [-0.1, -0.05) is 224 Å². The Morgan fingerprint density at radius 3 is 0.673 bits per heavy atom. The number of unbranched alkanes of at least 4 members (excludes halogenated alkanes) is 9. The minimum absolute atomic E-state index is 0. The number of quaternary nitrogens is 1. The summed E-state index contributed by atoms with van der Waals surface area (Å²) in [5.41, 5.74) is 5.36. The van der Waals surface area contributed by atoms with Crippen LogP contribution in [-0.2, 0) is 97.5 Å². The molecular formula is C69H186ClN3O23Si8. The van der Waals surface area contributed by atoms with E-state index in [0.717, 1.165) is 73.2 Å². The van der Waals surface area contributed by atoms with Gasteiger partial charge < -0.3 is 113 Å². The van der Waals surface area contributed by atoms with Crippen molar-refractivity contribution in [2.45, 2.75) is 293 Å². The molecule has 1 atom stereocenters. The van der Waals surface area contributed by atoms with Crippen LogP contribution in [0, 0.1) is 0 Å². The molecule has 104 heavy (non-hydrogen) atoms. The number of hydrogen-bond donors (Lipinski definition) is 3. The summed E-state index contributed by atoms with van der Waals surface area (Å²) in [6, 6.07) is 4.83. The molecule has 0 spiro atoms. The minimum Gasteiger partial charge on any atom is -1.00 e. The smallest absolute Gasteiger partial charge is 0.549 e. The number of nitrogens with zero attached hydrogens (tertiary/aromatic N) is 1. The molecule has 0 saturated carbocycles. The van der Waals surface area contributed by atoms with Crippen molar-refractivity contribution >= 4 is 71.4 Å². The van der Waals surface area contributed by atoms with Gasteiger partial charge in [-0.2, -0.15) is 0 Å². The van der Waals surface area contributed by atoms with E-state index in [1.54, 1.807) is 128 Å². The van der Waals surface area contributed by atoms with E-state index in [-0.39, 0.29) is 18.5 Å². The number of aliphatic hydroxyl groups is 1. The second kappa shape index (κ2) is 136. The van der Waals surface area contributed by atoms with Crippen LogP contribution in [0.4, 0.5) is 0 Å². The first kappa shape index (κ1) is 153. The summed E-state index contributed by atoms with van der Waals surface area (Å²) in [7, 11) is 17.2. The van der Waals surface area contributed by atoms with Crippen molar-refractivity contribution in [3.63, 3.8) is 0 Å². The van der Waals surface area contributed by atoms with E-state index < -0.39 is 71.4 Å². The Morgan fingerprint density at radius 2 is 0.510 bits per heavy atom. The summed E-state index contributed by atoms with van der Waals surface area (Å²) in [6.45, 7) is 54.3. The summed E-state index contributed by atoms with van der Waals surface area (Å²) >= 11 is 0. The first-order valence-electron chi connectivity index (χ1n) is 38.2. The van der Waals surface area contributed by atoms with Crippen LogP contribution in [0.2, 0.25) is 36.3 Å². The molecule has 0 aromatic heterocycles. The van der Waals surface area contributed by atoms with Crippen LogP contribution in [0.15, 0.2) is 0 Å². The van der Waals surface area contributed by atoms with E-state index in [0.29, 0.717) is 13.1 Å². The largest absolute Gasteiger partial charge is 1.00 e. The fraction of sp³-hybridized carbons (Fsp3) is 1.00. The van der Waals surface area contributed by atoms with Crippen LogP contribution >= 0.6 is 0 Å². The van der Waals surface area contributed by atoms with E-state index in [2.05, 4.69) is 26.3 Å². The van der Waals surface area contributed by atoms with Crippen LogP contribution in [0.3, 0.4) is 0 Å². The maximum absolute atomic E-state index is 10.4. The summed E-state index contributed by atoms with van der Waals surface area (Å²) in [6.07, 6.45) is 15.1. The van der Waals surface area contributed by atoms with Gasteiger partial charge in [0.05, 0.1) is 20.6 Å². The molecule has 0 radical (unpaired) electrons. The van der Waals surface area contributed by atoms with Gasteiger partial charge in [0, 0.05) is 171 Å². The molecule has 0 rings (SSSR count). The van der Waals surface area contributed by atoms with E-state index in [9.17, 15) is 5.11 Å². The summed E-state index contributed by atoms with van der Waals surface area (Å²) in [5.74, 6) is 0. The number of hydrogen-bond acceptors (Lipinski definition) is 25. The molecule has 0 bridgehead atoms. The molecule has 0 aromatic carbocycles. The highest BCUT2D eigenvalue weighted by Gasteiger charge is 2.39. The lowest BCUT2D eigenvalue weighted by atomic mass is 10.1. The lowest BCUT2D eigenvalue weighted by Gasteiger charge is -2.32. The number of nitrogens with two attached hydrogens (primary N) is 1. The first-order valence-corrected chi connectivity index (χ1v) is 51.4. The Kier molecular flexibility index (Phi) is 200. The van der Waals surface area contributed by atoms with Gasteiger partial charge in [-0.25, -0.2) is 0 Å². The molecule has 1 unspecified atom stereocenters. The lowest BCUT2D eigenvalue weighted by molar-refractivity contribution is -0.893. The van der Waals surface area contributed by atoms with Gasteiger partial charge in [0.25, 0.3) is 0 Å². The molecule has 0 saturated heterocycles. The van der Waals surface area contributed by atoms with Crippen LogP contribution < -0.4 is 23.5 Å². The third-order valence-corrected chi connectivity index (χ3v) is 29.6. The van der Waals surface area contributed by atoms with E-state index in [4.69, 9.17) is 103 Å². The normalized spacial score (nSPS) is 10.1. The Labute approximate surface area is 665 Å². The molecule has 0 aliphatic rings. The molecule has 0 fully saturated rings. The van der Waals surface area contributed by atoms with Crippen LogP contribution in [0.1, 0.15) is 250 Å². The Morgan fingerprint density at radius 1 is 0.327 bits per heavy atom. The predicted molar refractivity (Wildman–Crippen MR) is 451 cm³/mol. The maximum atomic E-state index is 10.4. The van der Waals surface area contributed by atoms with Crippen LogP contribution in [0.5, 0.6) is 0 Å². The average molecular weight is 1690 g/mol. The quantitative estimate of drug-likeness (QED) is 0.0290. The third kappa shape index (κ3) is 109. The number of aliphatic hydroxyl groups excluding tert-OH is 1. The fourth-order valence-corrected chi connectivity index (χ4v) is 16.6. The summed E-state index contributed by atoms with van der Waals surface area (Å²) < 4.78 is 127. The minimum atomic E-state index is -2.47. The van der Waals surface area contributed by atoms with Crippen molar-refractivity contribution in [2.75, 3.05) is 175 Å². The van der Waals surface area contributed by atoms with Crippen molar-refractivity contribution in [3.8, 4) is 0 Å². The highest BCUT2D eigenvalue weighted by Crippen LogP contribution is 2.17. The second-order valence-corrected chi connectivity index (χ2v) is 37.9. The molecular weight excluding hydrogens is 1500 g/mol. The fourth-order valence-electron chi connectivity index (χ4n) is 7.62. The number of halogens is 1. The predicted octanol–water partition coefficient (Wildman–Crippen LogP) is 14.0. The van der Waals surface area contributed by atoms with Crippen molar-refractivity contribution < 1.29 is 120 Å². The Balaban J connectivity index is -0.0000000487. The number of nitrogens with one attached hydrogen (secondary N) is 1. The van der Waals surface area contributed by atoms with Crippen molar-refractivity contribution in [1.82, 2.24) is 5.32 Å². The van der Waals surface area contributed by atoms with Gasteiger partial charge in [-0.05, 0) is 38.8 Å². The zero-order valence-electron chi connectivity index (χ0n) is 77.2. The molecule has 654 valence electrons. The van der Waals surface area contributed by atoms with Gasteiger partial charge >= 0.3 is 71.4 Å². The van der Waals surface area contributed by atoms with Gasteiger partial charge in [-0.15, -0.1) is 0 Å². The molecule has 0 aliphatic heterocycles. The van der Waals surface area contributed by atoms with Crippen molar-refractivity contribution in [1.29, 1.82) is 0 Å². The van der Waals surface area contributed by atoms with Crippen LogP contribution in [-0.4, -0.2) is 262 Å². The average Bonchev–Trinajstić information content (AvgIpc) is 0.976. The SMILES string of the molecule is CC.CC.CC.CC.CC.CC.CC.CC.CC.CC.CCCCCCCCCCCC[N+](C)(C)CC(O)CNCCC[Si](OC)(OC)OC.CC[Si](OC)(OC)OC.CC[Si](OC)(OC)OC.CC[Si](OC)(OC)OC.CC[Si](OC)(OC)OC.CO[Si](CCCN)(OC)OC.O=[Si]=O.O=[Si]=O.[Cl-]. The monoisotopic (exact) mass is 1680 g/mol. The topological polar surface area (TPSA) is 293 Å². The molecule has 35 heteroatoms. The highest BCUT2D eigenvalue weighted by molar-refractivity contribution is 6.62. The van der Waals surface area contributed by atoms with Gasteiger partial charge in [-0.3, -0.25) is 17.8 Å². The molecule has 0 heterocycles. The highest BCUT2D eigenvalue weighted by atomic mass is 35.5. The lowest BCUT2D eigenvalue weighted by Crippen LogP contribution is -3.00.